The molecule has 110 valence electrons. The van der Waals surface area contributed by atoms with Gasteiger partial charge in [-0.3, -0.25) is 4.90 Å². The molecule has 0 amide bonds. The zero-order valence-electron chi connectivity index (χ0n) is 12.2. The molecule has 1 aromatic carbocycles. The van der Waals surface area contributed by atoms with Gasteiger partial charge in [0.05, 0.1) is 12.7 Å². The van der Waals surface area contributed by atoms with Gasteiger partial charge in [-0.05, 0) is 43.0 Å². The van der Waals surface area contributed by atoms with Gasteiger partial charge >= 0.3 is 0 Å². The van der Waals surface area contributed by atoms with Crippen LogP contribution in [0.1, 0.15) is 30.9 Å². The Morgan fingerprint density at radius 3 is 2.80 bits per heavy atom. The predicted molar refractivity (Wildman–Crippen MR) is 79.2 cm³/mol. The number of nitrogens with zero attached hydrogens (tertiary/aromatic N) is 2. The first kappa shape index (κ1) is 14.7. The molecule has 20 heavy (non-hydrogen) atoms. The van der Waals surface area contributed by atoms with E-state index in [0.717, 1.165) is 31.1 Å². The van der Waals surface area contributed by atoms with Crippen molar-refractivity contribution in [3.63, 3.8) is 0 Å². The Morgan fingerprint density at radius 1 is 1.50 bits per heavy atom. The molecule has 1 saturated carbocycles. The second-order valence-corrected chi connectivity index (χ2v) is 5.29. The first-order valence-corrected chi connectivity index (χ1v) is 7.05. The van der Waals surface area contributed by atoms with Crippen molar-refractivity contribution in [1.29, 1.82) is 0 Å². The zero-order valence-corrected chi connectivity index (χ0v) is 12.2. The van der Waals surface area contributed by atoms with E-state index in [2.05, 4.69) is 17.0 Å². The van der Waals surface area contributed by atoms with Gasteiger partial charge in [-0.1, -0.05) is 18.1 Å². The molecule has 0 spiro atoms. The molecule has 5 heteroatoms. The number of rotatable bonds is 7. The predicted octanol–water partition coefficient (Wildman–Crippen LogP) is 2.02. The van der Waals surface area contributed by atoms with E-state index in [1.54, 1.807) is 7.11 Å². The molecule has 5 nitrogen and oxygen atoms in total. The summed E-state index contributed by atoms with van der Waals surface area (Å²) in [5.74, 6) is 1.57. The van der Waals surface area contributed by atoms with Crippen LogP contribution in [-0.2, 0) is 6.54 Å². The van der Waals surface area contributed by atoms with Gasteiger partial charge < -0.3 is 15.7 Å². The molecule has 0 saturated heterocycles. The third-order valence-electron chi connectivity index (χ3n) is 3.71. The minimum Gasteiger partial charge on any atom is -0.496 e. The maximum Gasteiger partial charge on any atom is 0.173 e. The average molecular weight is 277 g/mol. The maximum absolute atomic E-state index is 8.85. The molecule has 0 bridgehead atoms. The lowest BCUT2D eigenvalue weighted by Crippen LogP contribution is -2.25. The molecule has 0 unspecified atom stereocenters. The summed E-state index contributed by atoms with van der Waals surface area (Å²) < 4.78 is 5.24. The van der Waals surface area contributed by atoms with Crippen LogP contribution >= 0.6 is 0 Å². The Morgan fingerprint density at radius 2 is 2.25 bits per heavy atom. The second-order valence-electron chi connectivity index (χ2n) is 5.29. The zero-order chi connectivity index (χ0) is 14.5. The van der Waals surface area contributed by atoms with Crippen molar-refractivity contribution in [2.45, 2.75) is 26.3 Å². The summed E-state index contributed by atoms with van der Waals surface area (Å²) in [4.78, 5) is 2.43. The quantitative estimate of drug-likeness (QED) is 0.346. The summed E-state index contributed by atoms with van der Waals surface area (Å²) in [6.45, 7) is 5.24. The van der Waals surface area contributed by atoms with Gasteiger partial charge in [-0.15, -0.1) is 0 Å². The lowest BCUT2D eigenvalue weighted by Gasteiger charge is -2.21. The molecule has 3 N–H and O–H groups in total. The molecule has 0 radical (unpaired) electrons. The van der Waals surface area contributed by atoms with Crippen molar-refractivity contribution in [2.75, 3.05) is 20.2 Å². The van der Waals surface area contributed by atoms with E-state index < -0.39 is 0 Å². The van der Waals surface area contributed by atoms with Crippen LogP contribution < -0.4 is 10.5 Å². The summed E-state index contributed by atoms with van der Waals surface area (Å²) in [5.41, 5.74) is 7.48. The van der Waals surface area contributed by atoms with Crippen molar-refractivity contribution in [2.24, 2.45) is 16.8 Å². The first-order chi connectivity index (χ1) is 9.67. The highest BCUT2D eigenvalue weighted by Crippen LogP contribution is 2.30. The third kappa shape index (κ3) is 3.63. The highest BCUT2D eigenvalue weighted by atomic mass is 16.5. The van der Waals surface area contributed by atoms with Gasteiger partial charge in [0.1, 0.15) is 5.75 Å². The Bertz CT molecular complexity index is 484. The summed E-state index contributed by atoms with van der Waals surface area (Å²) in [7, 11) is 1.58. The number of hydrogen-bond acceptors (Lipinski definition) is 4. The van der Waals surface area contributed by atoms with Gasteiger partial charge in [0.25, 0.3) is 0 Å². The molecular formula is C15H23N3O2. The van der Waals surface area contributed by atoms with Gasteiger partial charge in [-0.25, -0.2) is 0 Å². The van der Waals surface area contributed by atoms with Crippen LogP contribution in [0.15, 0.2) is 23.4 Å². The van der Waals surface area contributed by atoms with Crippen LogP contribution in [0.25, 0.3) is 0 Å². The highest BCUT2D eigenvalue weighted by molar-refractivity contribution is 5.99. The maximum atomic E-state index is 8.85. The summed E-state index contributed by atoms with van der Waals surface area (Å²) in [6.07, 6.45) is 2.71. The van der Waals surface area contributed by atoms with Crippen LogP contribution in [0.4, 0.5) is 0 Å². The minimum absolute atomic E-state index is 0.0777. The number of amidine groups is 1. The molecule has 1 aromatic rings. The number of benzene rings is 1. The van der Waals surface area contributed by atoms with Crippen LogP contribution in [0.3, 0.4) is 0 Å². The Labute approximate surface area is 120 Å². The summed E-state index contributed by atoms with van der Waals surface area (Å²) in [6, 6.07) is 5.83. The van der Waals surface area contributed by atoms with E-state index in [4.69, 9.17) is 15.7 Å². The summed E-state index contributed by atoms with van der Waals surface area (Å²) >= 11 is 0. The van der Waals surface area contributed by atoms with E-state index in [-0.39, 0.29) is 5.84 Å². The van der Waals surface area contributed by atoms with E-state index in [1.165, 1.54) is 12.8 Å². The van der Waals surface area contributed by atoms with Gasteiger partial charge in [0.2, 0.25) is 0 Å². The molecule has 2 rings (SSSR count). The van der Waals surface area contributed by atoms with Gasteiger partial charge in [0, 0.05) is 13.1 Å². The second kappa shape index (κ2) is 6.61. The SMILES string of the molecule is CCN(Cc1ccc(OC)c(C(N)=NO)c1)CC1CC1. The third-order valence-corrected chi connectivity index (χ3v) is 3.71. The largest absolute Gasteiger partial charge is 0.496 e. The van der Waals surface area contributed by atoms with Crippen LogP contribution in [0, 0.1) is 5.92 Å². The van der Waals surface area contributed by atoms with Gasteiger partial charge in [0.15, 0.2) is 5.84 Å². The molecule has 0 aliphatic heterocycles. The van der Waals surface area contributed by atoms with Crippen molar-refractivity contribution >= 4 is 5.84 Å². The molecule has 1 aliphatic rings. The Balaban J connectivity index is 2.14. The first-order valence-electron chi connectivity index (χ1n) is 7.05. The molecular weight excluding hydrogens is 254 g/mol. The monoisotopic (exact) mass is 277 g/mol. The number of ether oxygens (including phenoxy) is 1. The molecule has 0 heterocycles. The Hall–Kier alpha value is -1.75. The standard InChI is InChI=1S/C15H23N3O2/c1-3-18(9-11-4-5-11)10-12-6-7-14(20-2)13(8-12)15(16)17-19/h6-8,11,19H,3-5,9-10H2,1-2H3,(H2,16,17). The van der Waals surface area contributed by atoms with Crippen molar-refractivity contribution in [3.8, 4) is 5.75 Å². The van der Waals surface area contributed by atoms with E-state index in [1.807, 2.05) is 18.2 Å². The lowest BCUT2D eigenvalue weighted by atomic mass is 10.1. The van der Waals surface area contributed by atoms with Crippen molar-refractivity contribution in [1.82, 2.24) is 4.90 Å². The highest BCUT2D eigenvalue weighted by Gasteiger charge is 2.23. The van der Waals surface area contributed by atoms with E-state index in [0.29, 0.717) is 11.3 Å². The van der Waals surface area contributed by atoms with Gasteiger partial charge in [-0.2, -0.15) is 0 Å². The molecule has 1 aliphatic carbocycles. The lowest BCUT2D eigenvalue weighted by molar-refractivity contribution is 0.268. The van der Waals surface area contributed by atoms with Crippen molar-refractivity contribution < 1.29 is 9.94 Å². The van der Waals surface area contributed by atoms with Crippen molar-refractivity contribution in [3.05, 3.63) is 29.3 Å². The molecule has 1 fully saturated rings. The molecule has 0 atom stereocenters. The Kier molecular flexibility index (Phi) is 4.84. The number of oxime groups is 1. The summed E-state index contributed by atoms with van der Waals surface area (Å²) in [5, 5.41) is 11.9. The van der Waals surface area contributed by atoms with E-state index >= 15 is 0 Å². The normalized spacial score (nSPS) is 15.7. The molecule has 0 aromatic heterocycles. The number of methoxy groups -OCH3 is 1. The minimum atomic E-state index is 0.0777. The van der Waals surface area contributed by atoms with Crippen LogP contribution in [0.2, 0.25) is 0 Å². The number of nitrogens with two attached hydrogens (primary N) is 1. The number of hydrogen-bond donors (Lipinski definition) is 2. The topological polar surface area (TPSA) is 71.1 Å². The smallest absolute Gasteiger partial charge is 0.173 e. The fraction of sp³-hybridized carbons (Fsp3) is 0.533. The average Bonchev–Trinajstić information content (AvgIpc) is 3.29. The fourth-order valence-electron chi connectivity index (χ4n) is 2.34. The van der Waals surface area contributed by atoms with Crippen LogP contribution in [-0.4, -0.2) is 36.1 Å². The van der Waals surface area contributed by atoms with Crippen LogP contribution in [0.5, 0.6) is 5.75 Å². The fourth-order valence-corrected chi connectivity index (χ4v) is 2.34. The van der Waals surface area contributed by atoms with E-state index in [9.17, 15) is 0 Å².